The van der Waals surface area contributed by atoms with Crippen LogP contribution in [0, 0.1) is 0 Å². The van der Waals surface area contributed by atoms with Crippen molar-refractivity contribution in [1.29, 1.82) is 0 Å². The van der Waals surface area contributed by atoms with E-state index >= 15 is 0 Å². The van der Waals surface area contributed by atoms with E-state index in [1.54, 1.807) is 9.80 Å². The fourth-order valence-corrected chi connectivity index (χ4v) is 3.54. The molecule has 0 radical (unpaired) electrons. The minimum absolute atomic E-state index is 0.140. The van der Waals surface area contributed by atoms with E-state index in [4.69, 9.17) is 0 Å². The van der Waals surface area contributed by atoms with Crippen LogP contribution in [-0.2, 0) is 17.8 Å². The van der Waals surface area contributed by atoms with Crippen LogP contribution in [0.25, 0.3) is 0 Å². The van der Waals surface area contributed by atoms with Crippen LogP contribution < -0.4 is 5.32 Å². The number of aromatic nitrogens is 2. The molecule has 1 N–H and O–H groups in total. The zero-order chi connectivity index (χ0) is 19.4. The molecule has 0 spiro atoms. The standard InChI is InChI=1S/C18H28N6O3/c1-21(2)8-6-19-17(26)16-20-15(14-5-3-4-7-24(14)16)18(27)23-11-9-22(13-25)10-12-23/h13H,3-12H2,1-2H3,(H,19,26). The number of carbonyl (C=O) groups is 3. The van der Waals surface area contributed by atoms with Crippen molar-refractivity contribution in [3.8, 4) is 0 Å². The monoisotopic (exact) mass is 376 g/mol. The lowest BCUT2D eigenvalue weighted by atomic mass is 10.1. The molecular weight excluding hydrogens is 348 g/mol. The van der Waals surface area contributed by atoms with Crippen molar-refractivity contribution in [1.82, 2.24) is 29.6 Å². The zero-order valence-electron chi connectivity index (χ0n) is 16.1. The molecule has 0 aromatic carbocycles. The van der Waals surface area contributed by atoms with Crippen LogP contribution >= 0.6 is 0 Å². The third-order valence-electron chi connectivity index (χ3n) is 5.12. The minimum Gasteiger partial charge on any atom is -0.348 e. The first-order chi connectivity index (χ1) is 13.0. The van der Waals surface area contributed by atoms with E-state index in [1.807, 2.05) is 23.6 Å². The van der Waals surface area contributed by atoms with Crippen LogP contribution in [0.15, 0.2) is 0 Å². The molecule has 0 unspecified atom stereocenters. The highest BCUT2D eigenvalue weighted by atomic mass is 16.2. The fraction of sp³-hybridized carbons (Fsp3) is 0.667. The van der Waals surface area contributed by atoms with Gasteiger partial charge >= 0.3 is 0 Å². The number of nitrogens with zero attached hydrogens (tertiary/aromatic N) is 5. The van der Waals surface area contributed by atoms with Crippen LogP contribution in [0.3, 0.4) is 0 Å². The number of imidazole rings is 1. The molecule has 1 aromatic rings. The number of amides is 3. The maximum atomic E-state index is 13.0. The summed E-state index contributed by atoms with van der Waals surface area (Å²) in [5, 5.41) is 2.89. The first kappa shape index (κ1) is 19.3. The van der Waals surface area contributed by atoms with Gasteiger partial charge in [0, 0.05) is 45.8 Å². The second kappa shape index (κ2) is 8.51. The third kappa shape index (κ3) is 4.29. The van der Waals surface area contributed by atoms with Gasteiger partial charge in [-0.2, -0.15) is 0 Å². The highest BCUT2D eigenvalue weighted by Gasteiger charge is 2.31. The Morgan fingerprint density at radius 3 is 2.56 bits per heavy atom. The Kier molecular flexibility index (Phi) is 6.10. The van der Waals surface area contributed by atoms with E-state index in [2.05, 4.69) is 10.3 Å². The summed E-state index contributed by atoms with van der Waals surface area (Å²) in [7, 11) is 3.90. The van der Waals surface area contributed by atoms with E-state index in [1.165, 1.54) is 0 Å². The maximum Gasteiger partial charge on any atom is 0.287 e. The molecule has 0 aliphatic carbocycles. The Labute approximate surface area is 159 Å². The van der Waals surface area contributed by atoms with Crippen molar-refractivity contribution < 1.29 is 14.4 Å². The Balaban J connectivity index is 1.77. The molecule has 3 amide bonds. The van der Waals surface area contributed by atoms with Crippen LogP contribution in [0.5, 0.6) is 0 Å². The molecule has 3 rings (SSSR count). The van der Waals surface area contributed by atoms with Crippen LogP contribution in [0.2, 0.25) is 0 Å². The molecule has 0 atom stereocenters. The van der Waals surface area contributed by atoms with E-state index in [0.717, 1.165) is 37.9 Å². The third-order valence-corrected chi connectivity index (χ3v) is 5.12. The molecule has 0 bridgehead atoms. The number of hydrogen-bond donors (Lipinski definition) is 1. The van der Waals surface area contributed by atoms with E-state index in [0.29, 0.717) is 50.8 Å². The molecule has 1 fully saturated rings. The van der Waals surface area contributed by atoms with Crippen molar-refractivity contribution in [3.63, 3.8) is 0 Å². The second-order valence-corrected chi connectivity index (χ2v) is 7.33. The number of piperazine rings is 1. The topological polar surface area (TPSA) is 90.8 Å². The Morgan fingerprint density at radius 1 is 1.15 bits per heavy atom. The van der Waals surface area contributed by atoms with Gasteiger partial charge in [0.1, 0.15) is 5.69 Å². The highest BCUT2D eigenvalue weighted by molar-refractivity contribution is 5.97. The first-order valence-electron chi connectivity index (χ1n) is 9.52. The van der Waals surface area contributed by atoms with Crippen molar-refractivity contribution in [2.75, 3.05) is 53.4 Å². The Bertz CT molecular complexity index is 706. The van der Waals surface area contributed by atoms with Gasteiger partial charge in [0.05, 0.1) is 5.69 Å². The van der Waals surface area contributed by atoms with Gasteiger partial charge in [0.25, 0.3) is 11.8 Å². The lowest BCUT2D eigenvalue weighted by Gasteiger charge is -2.32. The average Bonchev–Trinajstić information content (AvgIpc) is 3.07. The van der Waals surface area contributed by atoms with Gasteiger partial charge in [0.15, 0.2) is 5.82 Å². The number of nitrogens with one attached hydrogen (secondary N) is 1. The molecule has 148 valence electrons. The maximum absolute atomic E-state index is 13.0. The fourth-order valence-electron chi connectivity index (χ4n) is 3.54. The van der Waals surface area contributed by atoms with Crippen molar-refractivity contribution in [2.45, 2.75) is 25.8 Å². The average molecular weight is 376 g/mol. The van der Waals surface area contributed by atoms with Gasteiger partial charge in [-0.1, -0.05) is 0 Å². The predicted molar refractivity (Wildman–Crippen MR) is 99.6 cm³/mol. The van der Waals surface area contributed by atoms with Gasteiger partial charge < -0.3 is 24.6 Å². The highest BCUT2D eigenvalue weighted by Crippen LogP contribution is 2.22. The molecule has 1 saturated heterocycles. The number of fused-ring (bicyclic) bond motifs is 1. The van der Waals surface area contributed by atoms with Gasteiger partial charge in [0.2, 0.25) is 6.41 Å². The van der Waals surface area contributed by atoms with Crippen LogP contribution in [0.1, 0.15) is 39.6 Å². The summed E-state index contributed by atoms with van der Waals surface area (Å²) < 4.78 is 1.91. The summed E-state index contributed by atoms with van der Waals surface area (Å²) in [5.41, 5.74) is 1.26. The quantitative estimate of drug-likeness (QED) is 0.671. The largest absolute Gasteiger partial charge is 0.348 e. The van der Waals surface area contributed by atoms with Crippen LogP contribution in [-0.4, -0.2) is 95.8 Å². The van der Waals surface area contributed by atoms with Gasteiger partial charge in [-0.15, -0.1) is 0 Å². The van der Waals surface area contributed by atoms with Gasteiger partial charge in [-0.25, -0.2) is 4.98 Å². The number of likely N-dealkylation sites (N-methyl/N-ethyl adjacent to an activating group) is 1. The van der Waals surface area contributed by atoms with Crippen molar-refractivity contribution in [3.05, 3.63) is 17.2 Å². The van der Waals surface area contributed by atoms with E-state index in [9.17, 15) is 14.4 Å². The summed E-state index contributed by atoms with van der Waals surface area (Å²) in [6, 6.07) is 0. The van der Waals surface area contributed by atoms with E-state index < -0.39 is 0 Å². The molecule has 9 nitrogen and oxygen atoms in total. The molecule has 9 heteroatoms. The molecule has 27 heavy (non-hydrogen) atoms. The van der Waals surface area contributed by atoms with Crippen molar-refractivity contribution >= 4 is 18.2 Å². The lowest BCUT2D eigenvalue weighted by Crippen LogP contribution is -2.48. The number of carbonyl (C=O) groups excluding carboxylic acids is 3. The summed E-state index contributed by atoms with van der Waals surface area (Å²) in [4.78, 5) is 46.3. The summed E-state index contributed by atoms with van der Waals surface area (Å²) in [5.74, 6) is -0.0401. The normalized spacial score (nSPS) is 17.0. The Morgan fingerprint density at radius 2 is 1.89 bits per heavy atom. The number of rotatable bonds is 6. The smallest absolute Gasteiger partial charge is 0.287 e. The van der Waals surface area contributed by atoms with Crippen molar-refractivity contribution in [2.24, 2.45) is 0 Å². The zero-order valence-corrected chi connectivity index (χ0v) is 16.1. The summed E-state index contributed by atoms with van der Waals surface area (Å²) in [6.45, 7) is 4.04. The summed E-state index contributed by atoms with van der Waals surface area (Å²) >= 11 is 0. The van der Waals surface area contributed by atoms with E-state index in [-0.39, 0.29) is 11.8 Å². The second-order valence-electron chi connectivity index (χ2n) is 7.33. The first-order valence-corrected chi connectivity index (χ1v) is 9.52. The molecule has 1 aromatic heterocycles. The molecule has 3 heterocycles. The molecule has 2 aliphatic heterocycles. The number of hydrogen-bond acceptors (Lipinski definition) is 5. The lowest BCUT2D eigenvalue weighted by molar-refractivity contribution is -0.119. The minimum atomic E-state index is -0.232. The molecule has 2 aliphatic rings. The SMILES string of the molecule is CN(C)CCNC(=O)c1nc(C(=O)N2CCN(C=O)CC2)c2n1CCCC2. The van der Waals surface area contributed by atoms with Crippen LogP contribution in [0.4, 0.5) is 0 Å². The van der Waals surface area contributed by atoms with Gasteiger partial charge in [-0.3, -0.25) is 14.4 Å². The molecular formula is C18H28N6O3. The summed E-state index contributed by atoms with van der Waals surface area (Å²) in [6.07, 6.45) is 3.55. The predicted octanol–water partition coefficient (Wildman–Crippen LogP) is -0.575. The Hall–Kier alpha value is -2.42. The molecule has 0 saturated carbocycles. The van der Waals surface area contributed by atoms with Gasteiger partial charge in [-0.05, 0) is 33.4 Å².